The lowest BCUT2D eigenvalue weighted by molar-refractivity contribution is -0.274. The Labute approximate surface area is 183 Å². The third kappa shape index (κ3) is 6.10. The number of nitrogens with zero attached hydrogens (tertiary/aromatic N) is 2. The van der Waals surface area contributed by atoms with Gasteiger partial charge in [0.25, 0.3) is 0 Å². The highest BCUT2D eigenvalue weighted by atomic mass is 127. The number of anilines is 3. The van der Waals surface area contributed by atoms with Gasteiger partial charge >= 0.3 is 6.36 Å². The number of nitrogens with one attached hydrogen (secondary N) is 2. The standard InChI is InChI=1S/C19H15ClF3IN4O/c1-2-25-18-27-16(11-4-3-5-13(8-11)29-19(21,22)23)10-17(28-18)26-15-7-6-12(24)9-14(15)20/h3-10H,2H2,1H3,(H2,25,26,27,28). The molecule has 0 aliphatic heterocycles. The summed E-state index contributed by atoms with van der Waals surface area (Å²) in [4.78, 5) is 8.76. The van der Waals surface area contributed by atoms with E-state index in [1.165, 1.54) is 18.2 Å². The lowest BCUT2D eigenvalue weighted by Crippen LogP contribution is -2.17. The highest BCUT2D eigenvalue weighted by molar-refractivity contribution is 14.1. The third-order valence-electron chi connectivity index (χ3n) is 3.62. The summed E-state index contributed by atoms with van der Waals surface area (Å²) in [6.45, 7) is 2.46. The summed E-state index contributed by atoms with van der Waals surface area (Å²) in [5.41, 5.74) is 1.52. The number of aromatic nitrogens is 2. The van der Waals surface area contributed by atoms with Crippen LogP contribution in [0.3, 0.4) is 0 Å². The summed E-state index contributed by atoms with van der Waals surface area (Å²) in [6, 6.07) is 12.7. The molecule has 3 aromatic rings. The van der Waals surface area contributed by atoms with Crippen LogP contribution in [0.5, 0.6) is 5.75 Å². The van der Waals surface area contributed by atoms with Crippen LogP contribution in [0.15, 0.2) is 48.5 Å². The molecule has 0 aliphatic carbocycles. The maximum atomic E-state index is 12.5. The van der Waals surface area contributed by atoms with E-state index in [1.807, 2.05) is 19.1 Å². The minimum absolute atomic E-state index is 0.325. The fourth-order valence-electron chi connectivity index (χ4n) is 2.48. The largest absolute Gasteiger partial charge is 0.573 e. The van der Waals surface area contributed by atoms with Gasteiger partial charge in [-0.2, -0.15) is 4.98 Å². The van der Waals surface area contributed by atoms with E-state index in [9.17, 15) is 13.2 Å². The average Bonchev–Trinajstić information content (AvgIpc) is 2.63. The smallest absolute Gasteiger partial charge is 0.406 e. The van der Waals surface area contributed by atoms with E-state index in [0.717, 1.165) is 3.57 Å². The SMILES string of the molecule is CCNc1nc(Nc2ccc(I)cc2Cl)cc(-c2cccc(OC(F)(F)F)c2)n1. The van der Waals surface area contributed by atoms with Gasteiger partial charge in [-0.25, -0.2) is 4.98 Å². The van der Waals surface area contributed by atoms with Gasteiger partial charge in [0.2, 0.25) is 5.95 Å². The van der Waals surface area contributed by atoms with E-state index in [4.69, 9.17) is 11.6 Å². The van der Waals surface area contributed by atoms with Crippen LogP contribution in [0.2, 0.25) is 5.02 Å². The number of ether oxygens (including phenoxy) is 1. The number of benzene rings is 2. The molecule has 0 amide bonds. The van der Waals surface area contributed by atoms with Gasteiger partial charge in [0.05, 0.1) is 16.4 Å². The monoisotopic (exact) mass is 534 g/mol. The molecule has 10 heteroatoms. The Morgan fingerprint density at radius 1 is 1.10 bits per heavy atom. The molecule has 0 spiro atoms. The molecule has 2 N–H and O–H groups in total. The van der Waals surface area contributed by atoms with Crippen molar-refractivity contribution in [3.8, 4) is 17.0 Å². The van der Waals surface area contributed by atoms with Crippen LogP contribution in [0.1, 0.15) is 6.92 Å². The van der Waals surface area contributed by atoms with Crippen LogP contribution in [-0.4, -0.2) is 22.9 Å². The minimum Gasteiger partial charge on any atom is -0.406 e. The zero-order chi connectivity index (χ0) is 21.0. The molecule has 0 aliphatic rings. The van der Waals surface area contributed by atoms with Gasteiger partial charge in [0.1, 0.15) is 11.6 Å². The molecule has 0 atom stereocenters. The Bertz CT molecular complexity index is 1020. The molecule has 0 unspecified atom stereocenters. The van der Waals surface area contributed by atoms with E-state index in [2.05, 4.69) is 47.9 Å². The number of alkyl halides is 3. The van der Waals surface area contributed by atoms with E-state index in [-0.39, 0.29) is 5.75 Å². The Hall–Kier alpha value is -2.27. The van der Waals surface area contributed by atoms with Crippen LogP contribution < -0.4 is 15.4 Å². The molecule has 1 aromatic heterocycles. The van der Waals surface area contributed by atoms with Crippen LogP contribution in [0.25, 0.3) is 11.3 Å². The van der Waals surface area contributed by atoms with E-state index < -0.39 is 6.36 Å². The normalized spacial score (nSPS) is 11.2. The van der Waals surface area contributed by atoms with Crippen LogP contribution >= 0.6 is 34.2 Å². The molecule has 0 fully saturated rings. The highest BCUT2D eigenvalue weighted by Gasteiger charge is 2.31. The van der Waals surface area contributed by atoms with E-state index in [0.29, 0.717) is 40.3 Å². The van der Waals surface area contributed by atoms with Gasteiger partial charge in [0.15, 0.2) is 0 Å². The Balaban J connectivity index is 1.98. The molecule has 0 saturated carbocycles. The van der Waals surface area contributed by atoms with Crippen molar-refractivity contribution >= 4 is 51.6 Å². The van der Waals surface area contributed by atoms with Crippen molar-refractivity contribution in [1.82, 2.24) is 9.97 Å². The van der Waals surface area contributed by atoms with Crippen molar-refractivity contribution in [2.45, 2.75) is 13.3 Å². The minimum atomic E-state index is -4.77. The van der Waals surface area contributed by atoms with Crippen molar-refractivity contribution in [3.63, 3.8) is 0 Å². The third-order valence-corrected chi connectivity index (χ3v) is 4.60. The second-order valence-electron chi connectivity index (χ2n) is 5.82. The summed E-state index contributed by atoms with van der Waals surface area (Å²) in [7, 11) is 0. The molecule has 29 heavy (non-hydrogen) atoms. The van der Waals surface area contributed by atoms with Crippen LogP contribution in [-0.2, 0) is 0 Å². The van der Waals surface area contributed by atoms with Crippen LogP contribution in [0, 0.1) is 3.57 Å². The molecular formula is C19H15ClF3IN4O. The Morgan fingerprint density at radius 3 is 2.59 bits per heavy atom. The molecule has 2 aromatic carbocycles. The summed E-state index contributed by atoms with van der Waals surface area (Å²) >= 11 is 8.42. The Morgan fingerprint density at radius 2 is 1.90 bits per heavy atom. The fraction of sp³-hybridized carbons (Fsp3) is 0.158. The highest BCUT2D eigenvalue weighted by Crippen LogP contribution is 2.31. The van der Waals surface area contributed by atoms with Gasteiger partial charge in [0, 0.05) is 21.7 Å². The molecule has 152 valence electrons. The molecule has 3 rings (SSSR count). The second-order valence-corrected chi connectivity index (χ2v) is 7.47. The van der Waals surface area contributed by atoms with Crippen LogP contribution in [0.4, 0.5) is 30.6 Å². The molecule has 1 heterocycles. The maximum absolute atomic E-state index is 12.5. The quantitative estimate of drug-likeness (QED) is 0.355. The second kappa shape index (κ2) is 9.04. The predicted octanol–water partition coefficient (Wildman–Crippen LogP) is 6.48. The zero-order valence-corrected chi connectivity index (χ0v) is 17.9. The topological polar surface area (TPSA) is 59.1 Å². The average molecular weight is 535 g/mol. The number of hydrogen-bond donors (Lipinski definition) is 2. The van der Waals surface area contributed by atoms with Gasteiger partial charge in [-0.15, -0.1) is 13.2 Å². The van der Waals surface area contributed by atoms with Crippen molar-refractivity contribution in [2.75, 3.05) is 17.2 Å². The lowest BCUT2D eigenvalue weighted by atomic mass is 10.1. The van der Waals surface area contributed by atoms with Crippen molar-refractivity contribution in [1.29, 1.82) is 0 Å². The van der Waals surface area contributed by atoms with Crippen molar-refractivity contribution in [2.24, 2.45) is 0 Å². The van der Waals surface area contributed by atoms with Crippen molar-refractivity contribution in [3.05, 3.63) is 57.1 Å². The first kappa shape index (κ1) is 21.4. The van der Waals surface area contributed by atoms with E-state index >= 15 is 0 Å². The van der Waals surface area contributed by atoms with Gasteiger partial charge in [-0.05, 0) is 59.8 Å². The lowest BCUT2D eigenvalue weighted by Gasteiger charge is -2.13. The van der Waals surface area contributed by atoms with Gasteiger partial charge < -0.3 is 15.4 Å². The first-order valence-electron chi connectivity index (χ1n) is 8.44. The first-order chi connectivity index (χ1) is 13.7. The predicted molar refractivity (Wildman–Crippen MR) is 116 cm³/mol. The van der Waals surface area contributed by atoms with Gasteiger partial charge in [-0.3, -0.25) is 0 Å². The summed E-state index contributed by atoms with van der Waals surface area (Å²) in [6.07, 6.45) is -4.77. The number of halogens is 5. The molecule has 0 bridgehead atoms. The Kier molecular flexibility index (Phi) is 6.68. The fourth-order valence-corrected chi connectivity index (χ4v) is 3.38. The maximum Gasteiger partial charge on any atom is 0.573 e. The molecular weight excluding hydrogens is 520 g/mol. The van der Waals surface area contributed by atoms with Crippen molar-refractivity contribution < 1.29 is 17.9 Å². The first-order valence-corrected chi connectivity index (χ1v) is 9.90. The van der Waals surface area contributed by atoms with Gasteiger partial charge in [-0.1, -0.05) is 23.7 Å². The summed E-state index contributed by atoms with van der Waals surface area (Å²) in [5, 5.41) is 6.65. The molecule has 5 nitrogen and oxygen atoms in total. The summed E-state index contributed by atoms with van der Waals surface area (Å²) in [5.74, 6) is 0.446. The number of rotatable bonds is 6. The van der Waals surface area contributed by atoms with E-state index in [1.54, 1.807) is 18.2 Å². The zero-order valence-electron chi connectivity index (χ0n) is 15.0. The molecule has 0 radical (unpaired) electrons. The number of hydrogen-bond acceptors (Lipinski definition) is 5. The summed E-state index contributed by atoms with van der Waals surface area (Å²) < 4.78 is 42.6. The molecule has 0 saturated heterocycles.